The summed E-state index contributed by atoms with van der Waals surface area (Å²) in [5, 5.41) is 0. The molecule has 0 spiro atoms. The van der Waals surface area contributed by atoms with Gasteiger partial charge >= 0.3 is 0 Å². The lowest BCUT2D eigenvalue weighted by Crippen LogP contribution is -2.34. The number of benzene rings is 1. The van der Waals surface area contributed by atoms with Gasteiger partial charge in [0.1, 0.15) is 0 Å². The van der Waals surface area contributed by atoms with Gasteiger partial charge in [-0.2, -0.15) is 0 Å². The highest BCUT2D eigenvalue weighted by molar-refractivity contribution is 5.38. The molecule has 0 bridgehead atoms. The summed E-state index contributed by atoms with van der Waals surface area (Å²) in [6, 6.07) is 8.86. The summed E-state index contributed by atoms with van der Waals surface area (Å²) >= 11 is 0. The van der Waals surface area contributed by atoms with E-state index in [4.69, 9.17) is 5.73 Å². The van der Waals surface area contributed by atoms with Crippen molar-refractivity contribution in [1.29, 1.82) is 0 Å². The van der Waals surface area contributed by atoms with E-state index >= 15 is 0 Å². The van der Waals surface area contributed by atoms with Crippen LogP contribution in [0.2, 0.25) is 0 Å². The van der Waals surface area contributed by atoms with E-state index in [2.05, 4.69) is 24.3 Å². The van der Waals surface area contributed by atoms with Crippen LogP contribution in [0.3, 0.4) is 0 Å². The van der Waals surface area contributed by atoms with Crippen molar-refractivity contribution in [3.8, 4) is 0 Å². The van der Waals surface area contributed by atoms with Crippen LogP contribution in [0.25, 0.3) is 0 Å². The minimum atomic E-state index is -0.000810. The second kappa shape index (κ2) is 3.34. The third-order valence-electron chi connectivity index (χ3n) is 4.01. The lowest BCUT2D eigenvalue weighted by atomic mass is 9.84. The van der Waals surface area contributed by atoms with Crippen molar-refractivity contribution in [1.82, 2.24) is 0 Å². The maximum Gasteiger partial charge on any atom is 0.0412 e. The molecule has 1 aromatic carbocycles. The summed E-state index contributed by atoms with van der Waals surface area (Å²) in [4.78, 5) is 0. The average Bonchev–Trinajstić information content (AvgIpc) is 3.02. The monoisotopic (exact) mass is 201 g/mol. The third-order valence-corrected chi connectivity index (χ3v) is 4.01. The number of hydrogen-bond acceptors (Lipinski definition) is 1. The van der Waals surface area contributed by atoms with Crippen LogP contribution < -0.4 is 5.73 Å². The zero-order chi connectivity index (χ0) is 10.3. The van der Waals surface area contributed by atoms with E-state index in [9.17, 15) is 0 Å². The van der Waals surface area contributed by atoms with Crippen LogP contribution in [0, 0.1) is 0 Å². The highest BCUT2D eigenvalue weighted by Crippen LogP contribution is 2.46. The molecule has 1 nitrogen and oxygen atoms in total. The molecule has 1 aromatic rings. The predicted octanol–water partition coefficient (Wildman–Crippen LogP) is 3.29. The Morgan fingerprint density at radius 2 is 1.73 bits per heavy atom. The van der Waals surface area contributed by atoms with Gasteiger partial charge < -0.3 is 5.73 Å². The highest BCUT2D eigenvalue weighted by atomic mass is 14.8. The van der Waals surface area contributed by atoms with Gasteiger partial charge in [-0.3, -0.25) is 0 Å². The molecule has 2 saturated carbocycles. The summed E-state index contributed by atoms with van der Waals surface area (Å²) in [7, 11) is 0. The van der Waals surface area contributed by atoms with Gasteiger partial charge in [-0.05, 0) is 42.7 Å². The van der Waals surface area contributed by atoms with Crippen molar-refractivity contribution in [2.75, 3.05) is 0 Å². The van der Waals surface area contributed by atoms with E-state index in [1.54, 1.807) is 5.56 Å². The van der Waals surface area contributed by atoms with Crippen molar-refractivity contribution in [3.05, 3.63) is 35.4 Å². The van der Waals surface area contributed by atoms with Crippen LogP contribution in [0.1, 0.15) is 55.6 Å². The molecule has 1 heteroatoms. The van der Waals surface area contributed by atoms with Crippen LogP contribution in [-0.2, 0) is 5.54 Å². The van der Waals surface area contributed by atoms with Gasteiger partial charge in [0.25, 0.3) is 0 Å². The van der Waals surface area contributed by atoms with Gasteiger partial charge in [-0.15, -0.1) is 0 Å². The van der Waals surface area contributed by atoms with E-state index < -0.39 is 0 Å². The molecule has 80 valence electrons. The molecule has 0 aliphatic heterocycles. The maximum absolute atomic E-state index is 6.55. The van der Waals surface area contributed by atoms with Crippen molar-refractivity contribution in [3.63, 3.8) is 0 Å². The summed E-state index contributed by atoms with van der Waals surface area (Å²) in [5.74, 6) is 0.822. The fourth-order valence-electron chi connectivity index (χ4n) is 2.98. The summed E-state index contributed by atoms with van der Waals surface area (Å²) in [6.45, 7) is 0. The first kappa shape index (κ1) is 9.41. The minimum Gasteiger partial charge on any atom is -0.321 e. The van der Waals surface area contributed by atoms with E-state index in [1.807, 2.05) is 0 Å². The summed E-state index contributed by atoms with van der Waals surface area (Å²) < 4.78 is 0. The molecule has 0 heterocycles. The van der Waals surface area contributed by atoms with Crippen LogP contribution in [0.4, 0.5) is 0 Å². The largest absolute Gasteiger partial charge is 0.321 e. The SMILES string of the molecule is NC1(c2ccccc2C2CC2)CCCC1. The van der Waals surface area contributed by atoms with Gasteiger partial charge in [0.2, 0.25) is 0 Å². The smallest absolute Gasteiger partial charge is 0.0412 e. The zero-order valence-corrected chi connectivity index (χ0v) is 9.21. The third kappa shape index (κ3) is 1.59. The van der Waals surface area contributed by atoms with E-state index in [0.717, 1.165) is 5.92 Å². The van der Waals surface area contributed by atoms with Crippen molar-refractivity contribution >= 4 is 0 Å². The number of nitrogens with two attached hydrogens (primary N) is 1. The highest BCUT2D eigenvalue weighted by Gasteiger charge is 2.36. The number of hydrogen-bond donors (Lipinski definition) is 1. The standard InChI is InChI=1S/C14H19N/c15-14(9-3-4-10-14)13-6-2-1-5-12(13)11-7-8-11/h1-2,5-6,11H,3-4,7-10,15H2. The normalized spacial score (nSPS) is 24.3. The van der Waals surface area contributed by atoms with Gasteiger partial charge in [0.05, 0.1) is 0 Å². The van der Waals surface area contributed by atoms with Crippen molar-refractivity contribution < 1.29 is 0 Å². The van der Waals surface area contributed by atoms with Gasteiger partial charge in [-0.25, -0.2) is 0 Å². The first-order valence-corrected chi connectivity index (χ1v) is 6.18. The van der Waals surface area contributed by atoms with Gasteiger partial charge in [0.15, 0.2) is 0 Å². The van der Waals surface area contributed by atoms with Crippen molar-refractivity contribution in [2.45, 2.75) is 50.0 Å². The topological polar surface area (TPSA) is 26.0 Å². The molecular formula is C14H19N. The summed E-state index contributed by atoms with van der Waals surface area (Å²) in [6.07, 6.45) is 7.69. The molecule has 0 saturated heterocycles. The Kier molecular flexibility index (Phi) is 2.10. The molecule has 2 aliphatic carbocycles. The van der Waals surface area contributed by atoms with E-state index in [-0.39, 0.29) is 5.54 Å². The predicted molar refractivity (Wildman–Crippen MR) is 62.8 cm³/mol. The van der Waals surface area contributed by atoms with Crippen LogP contribution in [0.15, 0.2) is 24.3 Å². The zero-order valence-electron chi connectivity index (χ0n) is 9.21. The fraction of sp³-hybridized carbons (Fsp3) is 0.571. The molecule has 0 amide bonds. The van der Waals surface area contributed by atoms with Gasteiger partial charge in [-0.1, -0.05) is 37.1 Å². The van der Waals surface area contributed by atoms with E-state index in [1.165, 1.54) is 44.1 Å². The Hall–Kier alpha value is -0.820. The molecule has 0 radical (unpaired) electrons. The Bertz CT molecular complexity index is 359. The molecule has 0 unspecified atom stereocenters. The second-order valence-electron chi connectivity index (χ2n) is 5.22. The van der Waals surface area contributed by atoms with Crippen LogP contribution >= 0.6 is 0 Å². The maximum atomic E-state index is 6.55. The first-order valence-electron chi connectivity index (χ1n) is 6.18. The molecule has 2 aliphatic rings. The number of rotatable bonds is 2. The average molecular weight is 201 g/mol. The van der Waals surface area contributed by atoms with Crippen molar-refractivity contribution in [2.24, 2.45) is 5.73 Å². The molecule has 2 fully saturated rings. The minimum absolute atomic E-state index is 0.000810. The molecular weight excluding hydrogens is 182 g/mol. The van der Waals surface area contributed by atoms with Gasteiger partial charge in [0, 0.05) is 5.54 Å². The quantitative estimate of drug-likeness (QED) is 0.780. The second-order valence-corrected chi connectivity index (χ2v) is 5.22. The Labute approximate surface area is 91.7 Å². The van der Waals surface area contributed by atoms with Crippen LogP contribution in [0.5, 0.6) is 0 Å². The summed E-state index contributed by atoms with van der Waals surface area (Å²) in [5.41, 5.74) is 9.54. The molecule has 2 N–H and O–H groups in total. The first-order chi connectivity index (χ1) is 7.30. The fourth-order valence-corrected chi connectivity index (χ4v) is 2.98. The Morgan fingerprint density at radius 3 is 2.40 bits per heavy atom. The molecule has 3 rings (SSSR count). The lowest BCUT2D eigenvalue weighted by Gasteiger charge is -2.27. The molecule has 0 aromatic heterocycles. The Morgan fingerprint density at radius 1 is 1.07 bits per heavy atom. The lowest BCUT2D eigenvalue weighted by molar-refractivity contribution is 0.457. The van der Waals surface area contributed by atoms with Crippen LogP contribution in [-0.4, -0.2) is 0 Å². The molecule has 15 heavy (non-hydrogen) atoms. The van der Waals surface area contributed by atoms with E-state index in [0.29, 0.717) is 0 Å². The molecule has 0 atom stereocenters. The Balaban J connectivity index is 2.02.